The number of nitrogens with zero attached hydrogens (tertiary/aromatic N) is 3. The predicted octanol–water partition coefficient (Wildman–Crippen LogP) is 2.25. The van der Waals surface area contributed by atoms with Crippen molar-refractivity contribution in [3.05, 3.63) is 51.8 Å². The number of rotatable bonds is 4. The monoisotopic (exact) mass is 246 g/mol. The Balaban J connectivity index is 2.24. The van der Waals surface area contributed by atoms with Gasteiger partial charge in [-0.05, 0) is 18.6 Å². The number of anilines is 1. The molecule has 2 aromatic rings. The largest absolute Gasteiger partial charge is 0.374 e. The van der Waals surface area contributed by atoms with Gasteiger partial charge < -0.3 is 5.32 Å². The van der Waals surface area contributed by atoms with Gasteiger partial charge in [0.2, 0.25) is 0 Å². The van der Waals surface area contributed by atoms with Crippen LogP contribution in [0.15, 0.2) is 30.5 Å². The summed E-state index contributed by atoms with van der Waals surface area (Å²) in [5.41, 5.74) is 2.47. The zero-order valence-electron chi connectivity index (χ0n) is 10.3. The number of aryl methyl sites for hydroxylation is 2. The maximum Gasteiger partial charge on any atom is 0.292 e. The van der Waals surface area contributed by atoms with Gasteiger partial charge in [0, 0.05) is 19.3 Å². The standard InChI is InChI=1S/C12H14N4O2/c1-9-4-3-5-11(16(17)18)12(9)13-8-10-6-7-14-15(10)2/h3-7,13H,8H2,1-2H3. The fourth-order valence-corrected chi connectivity index (χ4v) is 1.79. The smallest absolute Gasteiger partial charge is 0.292 e. The third kappa shape index (κ3) is 2.32. The molecule has 6 heteroatoms. The fourth-order valence-electron chi connectivity index (χ4n) is 1.79. The summed E-state index contributed by atoms with van der Waals surface area (Å²) >= 11 is 0. The molecule has 0 aliphatic carbocycles. The van der Waals surface area contributed by atoms with Crippen LogP contribution in [-0.2, 0) is 13.6 Å². The summed E-state index contributed by atoms with van der Waals surface area (Å²) in [6, 6.07) is 6.90. The molecular weight excluding hydrogens is 232 g/mol. The van der Waals surface area contributed by atoms with E-state index in [9.17, 15) is 10.1 Å². The van der Waals surface area contributed by atoms with Gasteiger partial charge in [0.25, 0.3) is 5.69 Å². The SMILES string of the molecule is Cc1cccc([N+](=O)[O-])c1NCc1ccnn1C. The van der Waals surface area contributed by atoms with E-state index in [1.165, 1.54) is 6.07 Å². The molecule has 0 fully saturated rings. The van der Waals surface area contributed by atoms with Gasteiger partial charge in [-0.2, -0.15) is 5.10 Å². The molecule has 0 unspecified atom stereocenters. The normalized spacial score (nSPS) is 10.3. The van der Waals surface area contributed by atoms with E-state index in [-0.39, 0.29) is 10.6 Å². The first-order valence-electron chi connectivity index (χ1n) is 5.54. The maximum absolute atomic E-state index is 11.0. The minimum Gasteiger partial charge on any atom is -0.374 e. The van der Waals surface area contributed by atoms with E-state index in [0.29, 0.717) is 12.2 Å². The van der Waals surface area contributed by atoms with Crippen molar-refractivity contribution in [2.24, 2.45) is 7.05 Å². The zero-order chi connectivity index (χ0) is 13.1. The summed E-state index contributed by atoms with van der Waals surface area (Å²) in [5, 5.41) is 18.1. The molecule has 94 valence electrons. The molecule has 18 heavy (non-hydrogen) atoms. The van der Waals surface area contributed by atoms with E-state index in [1.807, 2.05) is 26.1 Å². The van der Waals surface area contributed by atoms with Gasteiger partial charge in [-0.1, -0.05) is 12.1 Å². The van der Waals surface area contributed by atoms with E-state index in [0.717, 1.165) is 11.3 Å². The number of hydrogen-bond donors (Lipinski definition) is 1. The molecular formula is C12H14N4O2. The number of nitro groups is 1. The van der Waals surface area contributed by atoms with Gasteiger partial charge in [0.05, 0.1) is 17.2 Å². The number of hydrogen-bond acceptors (Lipinski definition) is 4. The van der Waals surface area contributed by atoms with E-state index in [1.54, 1.807) is 16.9 Å². The summed E-state index contributed by atoms with van der Waals surface area (Å²) in [4.78, 5) is 10.6. The van der Waals surface area contributed by atoms with Crippen LogP contribution >= 0.6 is 0 Å². The van der Waals surface area contributed by atoms with Crippen LogP contribution in [0.5, 0.6) is 0 Å². The maximum atomic E-state index is 11.0. The number of aromatic nitrogens is 2. The Labute approximate surface area is 104 Å². The van der Waals surface area contributed by atoms with Crippen LogP contribution in [0, 0.1) is 17.0 Å². The molecule has 0 radical (unpaired) electrons. The Morgan fingerprint density at radius 1 is 1.44 bits per heavy atom. The third-order valence-corrected chi connectivity index (χ3v) is 2.82. The molecule has 0 spiro atoms. The van der Waals surface area contributed by atoms with Crippen LogP contribution in [0.3, 0.4) is 0 Å². The molecule has 1 aromatic heterocycles. The van der Waals surface area contributed by atoms with Crippen LogP contribution in [0.1, 0.15) is 11.3 Å². The molecule has 1 heterocycles. The highest BCUT2D eigenvalue weighted by Gasteiger charge is 2.15. The average Bonchev–Trinajstić information content (AvgIpc) is 2.73. The second kappa shape index (κ2) is 4.87. The minimum absolute atomic E-state index is 0.0946. The van der Waals surface area contributed by atoms with Crippen molar-refractivity contribution in [2.75, 3.05) is 5.32 Å². The second-order valence-corrected chi connectivity index (χ2v) is 4.03. The average molecular weight is 246 g/mol. The molecule has 6 nitrogen and oxygen atoms in total. The Hall–Kier alpha value is -2.37. The lowest BCUT2D eigenvalue weighted by Gasteiger charge is -2.09. The molecule has 0 amide bonds. The summed E-state index contributed by atoms with van der Waals surface area (Å²) in [7, 11) is 1.84. The Morgan fingerprint density at radius 2 is 2.22 bits per heavy atom. The van der Waals surface area contributed by atoms with Crippen LogP contribution in [0.4, 0.5) is 11.4 Å². The first-order valence-corrected chi connectivity index (χ1v) is 5.54. The lowest BCUT2D eigenvalue weighted by atomic mass is 10.1. The van der Waals surface area contributed by atoms with Crippen molar-refractivity contribution >= 4 is 11.4 Å². The lowest BCUT2D eigenvalue weighted by molar-refractivity contribution is -0.384. The molecule has 0 aliphatic rings. The molecule has 0 saturated heterocycles. The Bertz CT molecular complexity index is 577. The fraction of sp³-hybridized carbons (Fsp3) is 0.250. The van der Waals surface area contributed by atoms with Gasteiger partial charge in [-0.15, -0.1) is 0 Å². The molecule has 1 N–H and O–H groups in total. The van der Waals surface area contributed by atoms with Crippen LogP contribution in [0.25, 0.3) is 0 Å². The van der Waals surface area contributed by atoms with E-state index in [2.05, 4.69) is 10.4 Å². The third-order valence-electron chi connectivity index (χ3n) is 2.82. The van der Waals surface area contributed by atoms with Crippen LogP contribution < -0.4 is 5.32 Å². The molecule has 2 rings (SSSR count). The van der Waals surface area contributed by atoms with Crippen molar-refractivity contribution in [1.29, 1.82) is 0 Å². The van der Waals surface area contributed by atoms with E-state index < -0.39 is 0 Å². The van der Waals surface area contributed by atoms with Gasteiger partial charge >= 0.3 is 0 Å². The summed E-state index contributed by atoms with van der Waals surface area (Å²) in [5.74, 6) is 0. The van der Waals surface area contributed by atoms with Crippen LogP contribution in [-0.4, -0.2) is 14.7 Å². The number of nitrogens with one attached hydrogen (secondary N) is 1. The molecule has 0 atom stereocenters. The second-order valence-electron chi connectivity index (χ2n) is 4.03. The van der Waals surface area contributed by atoms with Crippen molar-refractivity contribution in [1.82, 2.24) is 9.78 Å². The predicted molar refractivity (Wildman–Crippen MR) is 68.4 cm³/mol. The summed E-state index contributed by atoms with van der Waals surface area (Å²) < 4.78 is 1.73. The zero-order valence-corrected chi connectivity index (χ0v) is 10.3. The lowest BCUT2D eigenvalue weighted by Crippen LogP contribution is -2.08. The molecule has 0 bridgehead atoms. The van der Waals surface area contributed by atoms with Crippen molar-refractivity contribution in [3.63, 3.8) is 0 Å². The Kier molecular flexibility index (Phi) is 3.27. The first kappa shape index (κ1) is 12.1. The van der Waals surface area contributed by atoms with Crippen molar-refractivity contribution in [3.8, 4) is 0 Å². The number of benzene rings is 1. The molecule has 0 saturated carbocycles. The Morgan fingerprint density at radius 3 is 2.83 bits per heavy atom. The first-order chi connectivity index (χ1) is 8.59. The summed E-state index contributed by atoms with van der Waals surface area (Å²) in [6.45, 7) is 2.35. The van der Waals surface area contributed by atoms with Gasteiger partial charge in [-0.3, -0.25) is 14.8 Å². The van der Waals surface area contributed by atoms with Gasteiger partial charge in [0.15, 0.2) is 0 Å². The number of para-hydroxylation sites is 1. The quantitative estimate of drug-likeness (QED) is 0.663. The highest BCUT2D eigenvalue weighted by atomic mass is 16.6. The van der Waals surface area contributed by atoms with E-state index >= 15 is 0 Å². The summed E-state index contributed by atoms with van der Waals surface area (Å²) in [6.07, 6.45) is 1.70. The van der Waals surface area contributed by atoms with Gasteiger partial charge in [0.1, 0.15) is 5.69 Å². The topological polar surface area (TPSA) is 73.0 Å². The number of nitro benzene ring substituents is 1. The molecule has 1 aromatic carbocycles. The van der Waals surface area contributed by atoms with Crippen molar-refractivity contribution < 1.29 is 4.92 Å². The van der Waals surface area contributed by atoms with Crippen LogP contribution in [0.2, 0.25) is 0 Å². The highest BCUT2D eigenvalue weighted by Crippen LogP contribution is 2.27. The molecule has 0 aliphatic heterocycles. The van der Waals surface area contributed by atoms with Gasteiger partial charge in [-0.25, -0.2) is 0 Å². The van der Waals surface area contributed by atoms with E-state index in [4.69, 9.17) is 0 Å². The van der Waals surface area contributed by atoms with Crippen molar-refractivity contribution in [2.45, 2.75) is 13.5 Å². The highest BCUT2D eigenvalue weighted by molar-refractivity contribution is 5.65. The minimum atomic E-state index is -0.376.